The molecule has 0 radical (unpaired) electrons. The number of benzene rings is 2. The van der Waals surface area contributed by atoms with Crippen LogP contribution in [0.4, 0.5) is 0 Å². The fourth-order valence-electron chi connectivity index (χ4n) is 4.50. The molecule has 3 fully saturated rings. The molecule has 4 heterocycles. The lowest BCUT2D eigenvalue weighted by atomic mass is 9.84. The Balaban J connectivity index is 1.25. The smallest absolute Gasteiger partial charge is 0.268 e. The van der Waals surface area contributed by atoms with E-state index in [9.17, 15) is 4.79 Å². The topological polar surface area (TPSA) is 51.2 Å². The van der Waals surface area contributed by atoms with Crippen LogP contribution in [0.3, 0.4) is 0 Å². The van der Waals surface area contributed by atoms with Crippen molar-refractivity contribution in [2.24, 2.45) is 5.92 Å². The molecule has 158 valence electrons. The predicted octanol–water partition coefficient (Wildman–Crippen LogP) is 3.60. The summed E-state index contributed by atoms with van der Waals surface area (Å²) in [6.07, 6.45) is 1.95. The number of piperidine rings is 3. The molecule has 0 aromatic heterocycles. The third-order valence-corrected chi connectivity index (χ3v) is 6.60. The minimum atomic E-state index is -0.253. The quantitative estimate of drug-likeness (QED) is 0.681. The minimum Gasteiger partial charge on any atom is -0.490 e. The average molecular weight is 429 g/mol. The molecule has 30 heavy (non-hydrogen) atoms. The molecule has 0 saturated carbocycles. The normalized spacial score (nSPS) is 26.8. The number of nitrogens with zero attached hydrogens (tertiary/aromatic N) is 2. The third kappa shape index (κ3) is 3.94. The van der Waals surface area contributed by atoms with Gasteiger partial charge in [-0.15, -0.1) is 0 Å². The van der Waals surface area contributed by atoms with E-state index in [0.717, 1.165) is 38.2 Å². The van der Waals surface area contributed by atoms with Gasteiger partial charge in [-0.05, 0) is 62.2 Å². The highest BCUT2D eigenvalue weighted by atomic mass is 35.5. The first-order valence-corrected chi connectivity index (χ1v) is 10.8. The van der Waals surface area contributed by atoms with Gasteiger partial charge in [0.2, 0.25) is 0 Å². The Morgan fingerprint density at radius 1 is 1.13 bits per heavy atom. The lowest BCUT2D eigenvalue weighted by Gasteiger charge is -2.46. The lowest BCUT2D eigenvalue weighted by Crippen LogP contribution is -2.56. The van der Waals surface area contributed by atoms with Gasteiger partial charge in [-0.25, -0.2) is 4.42 Å². The van der Waals surface area contributed by atoms with Crippen molar-refractivity contribution >= 4 is 17.7 Å². The fraction of sp³-hybridized carbons (Fsp3) is 0.435. The van der Waals surface area contributed by atoms with Gasteiger partial charge in [0.15, 0.2) is 17.6 Å². The highest BCUT2D eigenvalue weighted by Crippen LogP contribution is 2.35. The zero-order chi connectivity index (χ0) is 20.5. The number of fused-ring (bicyclic) bond motifs is 4. The Morgan fingerprint density at radius 2 is 1.93 bits per heavy atom. The van der Waals surface area contributed by atoms with Crippen LogP contribution in [0.15, 0.2) is 48.5 Å². The van der Waals surface area contributed by atoms with Crippen molar-refractivity contribution in [1.82, 2.24) is 9.32 Å². The summed E-state index contributed by atoms with van der Waals surface area (Å²) in [6, 6.07) is 14.9. The Morgan fingerprint density at radius 3 is 2.67 bits per heavy atom. The van der Waals surface area contributed by atoms with E-state index in [2.05, 4.69) is 4.90 Å². The number of para-hydroxylation sites is 1. The zero-order valence-electron chi connectivity index (χ0n) is 16.7. The lowest BCUT2D eigenvalue weighted by molar-refractivity contribution is 0.0339. The molecule has 2 aromatic carbocycles. The zero-order valence-corrected chi connectivity index (χ0v) is 17.5. The van der Waals surface area contributed by atoms with Crippen molar-refractivity contribution < 1.29 is 19.0 Å². The van der Waals surface area contributed by atoms with Crippen molar-refractivity contribution in [2.75, 3.05) is 32.8 Å². The second-order valence-electron chi connectivity index (χ2n) is 8.16. The molecule has 0 unspecified atom stereocenters. The molecule has 6 rings (SSSR count). The largest absolute Gasteiger partial charge is 0.490 e. The molecule has 2 atom stereocenters. The summed E-state index contributed by atoms with van der Waals surface area (Å²) in [5.41, 5.74) is 0.508. The van der Waals surface area contributed by atoms with Crippen LogP contribution in [0.5, 0.6) is 17.2 Å². The fourth-order valence-corrected chi connectivity index (χ4v) is 4.82. The van der Waals surface area contributed by atoms with Crippen molar-refractivity contribution in [3.63, 3.8) is 0 Å². The third-order valence-electron chi connectivity index (χ3n) is 6.19. The summed E-state index contributed by atoms with van der Waals surface area (Å²) >= 11 is 6.53. The number of hydrogen-bond acceptors (Lipinski definition) is 5. The van der Waals surface area contributed by atoms with Gasteiger partial charge in [0.1, 0.15) is 19.0 Å². The van der Waals surface area contributed by atoms with E-state index in [-0.39, 0.29) is 18.1 Å². The van der Waals surface area contributed by atoms with Crippen molar-refractivity contribution in [3.05, 3.63) is 54.1 Å². The van der Waals surface area contributed by atoms with E-state index in [1.165, 1.54) is 4.42 Å². The van der Waals surface area contributed by atoms with Gasteiger partial charge in [-0.1, -0.05) is 18.2 Å². The van der Waals surface area contributed by atoms with Crippen LogP contribution in [0.2, 0.25) is 0 Å². The number of halogens is 1. The van der Waals surface area contributed by atoms with Crippen LogP contribution in [0, 0.1) is 5.92 Å². The van der Waals surface area contributed by atoms with E-state index in [4.69, 9.17) is 26.0 Å². The van der Waals surface area contributed by atoms with Crippen LogP contribution < -0.4 is 14.2 Å². The molecule has 2 aromatic rings. The van der Waals surface area contributed by atoms with E-state index in [1.54, 1.807) is 18.2 Å². The van der Waals surface area contributed by atoms with Gasteiger partial charge in [0.25, 0.3) is 5.91 Å². The van der Waals surface area contributed by atoms with Gasteiger partial charge in [0, 0.05) is 23.9 Å². The summed E-state index contributed by atoms with van der Waals surface area (Å²) in [5.74, 6) is 2.25. The number of rotatable bonds is 5. The monoisotopic (exact) mass is 428 g/mol. The van der Waals surface area contributed by atoms with Crippen LogP contribution in [0.25, 0.3) is 0 Å². The molecule has 0 aliphatic carbocycles. The number of carbonyl (C=O) groups is 1. The number of hydrogen-bond donors (Lipinski definition) is 0. The van der Waals surface area contributed by atoms with Crippen LogP contribution in [-0.4, -0.2) is 60.2 Å². The number of amides is 1. The minimum absolute atomic E-state index is 0.0573. The van der Waals surface area contributed by atoms with E-state index >= 15 is 0 Å². The van der Waals surface area contributed by atoms with Crippen LogP contribution in [-0.2, 0) is 0 Å². The first kappa shape index (κ1) is 19.5. The molecule has 0 N–H and O–H groups in total. The van der Waals surface area contributed by atoms with Gasteiger partial charge in [-0.3, -0.25) is 4.79 Å². The molecular formula is C23H25ClN2O4. The van der Waals surface area contributed by atoms with Gasteiger partial charge in [-0.2, -0.15) is 0 Å². The highest BCUT2D eigenvalue weighted by Gasteiger charge is 2.39. The highest BCUT2D eigenvalue weighted by molar-refractivity contribution is 6.24. The van der Waals surface area contributed by atoms with E-state index in [0.29, 0.717) is 36.2 Å². The average Bonchev–Trinajstić information content (AvgIpc) is 2.82. The number of ether oxygens (including phenoxy) is 3. The van der Waals surface area contributed by atoms with Crippen molar-refractivity contribution in [2.45, 2.75) is 25.0 Å². The van der Waals surface area contributed by atoms with Crippen molar-refractivity contribution in [1.29, 1.82) is 0 Å². The van der Waals surface area contributed by atoms with Crippen LogP contribution >= 0.6 is 11.8 Å². The molecule has 6 nitrogen and oxygen atoms in total. The molecule has 0 spiro atoms. The Bertz CT molecular complexity index is 901. The van der Waals surface area contributed by atoms with Gasteiger partial charge in [0.05, 0.1) is 6.04 Å². The second kappa shape index (κ2) is 8.36. The molecule has 1 amide bonds. The SMILES string of the molecule is O=C(c1ccc2c(c1)O[C@H](COc1ccccc1)CO2)N(Cl)[C@H]1CN2CCC1CC2. The summed E-state index contributed by atoms with van der Waals surface area (Å²) < 4.78 is 19.0. The first-order valence-electron chi connectivity index (χ1n) is 10.5. The van der Waals surface area contributed by atoms with Gasteiger partial charge < -0.3 is 19.1 Å². The van der Waals surface area contributed by atoms with E-state index < -0.39 is 0 Å². The Labute approximate surface area is 181 Å². The summed E-state index contributed by atoms with van der Waals surface area (Å²) in [5, 5.41) is 0. The molecule has 3 saturated heterocycles. The Kier molecular flexibility index (Phi) is 5.44. The maximum Gasteiger partial charge on any atom is 0.268 e. The number of carbonyl (C=O) groups excluding carboxylic acids is 1. The standard InChI is InChI=1S/C23H25ClN2O4/c24-26(20-13-25-10-8-16(20)9-11-25)23(27)17-6-7-21-22(12-17)30-19(15-29-21)14-28-18-4-2-1-3-5-18/h1-7,12,16,19-20H,8-11,13-15H2/t19-,20+/m1/s1. The predicted molar refractivity (Wildman–Crippen MR) is 113 cm³/mol. The molecule has 7 heteroatoms. The molecule has 4 aliphatic rings. The van der Waals surface area contributed by atoms with Crippen LogP contribution in [0.1, 0.15) is 23.2 Å². The van der Waals surface area contributed by atoms with Crippen molar-refractivity contribution in [3.8, 4) is 17.2 Å². The second-order valence-corrected chi connectivity index (χ2v) is 8.52. The molecule has 4 aliphatic heterocycles. The maximum absolute atomic E-state index is 13.1. The van der Waals surface area contributed by atoms with E-state index in [1.807, 2.05) is 30.3 Å². The molecule has 2 bridgehead atoms. The summed E-state index contributed by atoms with van der Waals surface area (Å²) in [4.78, 5) is 15.4. The maximum atomic E-state index is 13.1. The Hall–Kier alpha value is -2.44. The summed E-state index contributed by atoms with van der Waals surface area (Å²) in [7, 11) is 0. The van der Waals surface area contributed by atoms with Gasteiger partial charge >= 0.3 is 0 Å². The molecular weight excluding hydrogens is 404 g/mol. The summed E-state index contributed by atoms with van der Waals surface area (Å²) in [6.45, 7) is 3.83. The first-order chi connectivity index (χ1) is 14.7.